The summed E-state index contributed by atoms with van der Waals surface area (Å²) in [5.74, 6) is 0.00550. The molecule has 0 aliphatic carbocycles. The Morgan fingerprint density at radius 3 is 2.42 bits per heavy atom. The summed E-state index contributed by atoms with van der Waals surface area (Å²) < 4.78 is 4.82. The highest BCUT2D eigenvalue weighted by atomic mass is 16.5. The lowest BCUT2D eigenvalue weighted by Gasteiger charge is -2.02. The van der Waals surface area contributed by atoms with Crippen LogP contribution in [0.15, 0.2) is 71.4 Å². The Balaban J connectivity index is 1.98. The van der Waals surface area contributed by atoms with Gasteiger partial charge in [0.2, 0.25) is 0 Å². The maximum absolute atomic E-state index is 12.3. The molecule has 0 saturated carbocycles. The molecule has 3 nitrogen and oxygen atoms in total. The van der Waals surface area contributed by atoms with E-state index in [-0.39, 0.29) is 5.78 Å². The SMILES string of the molecule is O=C(c1ccccc1)c1cccc(-c2ccon2)c1. The van der Waals surface area contributed by atoms with E-state index in [1.165, 1.54) is 6.26 Å². The number of rotatable bonds is 3. The third-order valence-corrected chi connectivity index (χ3v) is 2.89. The Kier molecular flexibility index (Phi) is 2.94. The highest BCUT2D eigenvalue weighted by Gasteiger charge is 2.10. The number of carbonyl (C=O) groups excluding carboxylic acids is 1. The molecule has 0 fully saturated rings. The van der Waals surface area contributed by atoms with Crippen molar-refractivity contribution in [2.45, 2.75) is 0 Å². The van der Waals surface area contributed by atoms with Crippen molar-refractivity contribution in [2.24, 2.45) is 0 Å². The fourth-order valence-electron chi connectivity index (χ4n) is 1.94. The lowest BCUT2D eigenvalue weighted by atomic mass is 10.0. The number of benzene rings is 2. The third kappa shape index (κ3) is 2.31. The summed E-state index contributed by atoms with van der Waals surface area (Å²) in [6, 6.07) is 18.4. The molecule has 2 aromatic carbocycles. The number of nitrogens with zero attached hydrogens (tertiary/aromatic N) is 1. The van der Waals surface area contributed by atoms with Crippen LogP contribution in [0, 0.1) is 0 Å². The molecule has 92 valence electrons. The first-order chi connectivity index (χ1) is 9.34. The minimum absolute atomic E-state index is 0.00550. The van der Waals surface area contributed by atoms with E-state index in [4.69, 9.17) is 4.52 Å². The first-order valence-corrected chi connectivity index (χ1v) is 5.95. The zero-order valence-corrected chi connectivity index (χ0v) is 10.1. The topological polar surface area (TPSA) is 43.1 Å². The van der Waals surface area contributed by atoms with Gasteiger partial charge in [-0.3, -0.25) is 4.79 Å². The van der Waals surface area contributed by atoms with Gasteiger partial charge < -0.3 is 4.52 Å². The largest absolute Gasteiger partial charge is 0.364 e. The highest BCUT2D eigenvalue weighted by Crippen LogP contribution is 2.20. The monoisotopic (exact) mass is 249 g/mol. The first kappa shape index (κ1) is 11.4. The summed E-state index contributed by atoms with van der Waals surface area (Å²) in [7, 11) is 0. The van der Waals surface area contributed by atoms with Crippen LogP contribution in [-0.2, 0) is 0 Å². The number of aromatic nitrogens is 1. The van der Waals surface area contributed by atoms with Crippen molar-refractivity contribution >= 4 is 5.78 Å². The van der Waals surface area contributed by atoms with Crippen molar-refractivity contribution in [3.63, 3.8) is 0 Å². The Morgan fingerprint density at radius 1 is 0.895 bits per heavy atom. The summed E-state index contributed by atoms with van der Waals surface area (Å²) in [5, 5.41) is 3.87. The van der Waals surface area contributed by atoms with E-state index in [0.29, 0.717) is 11.1 Å². The molecule has 0 atom stereocenters. The quantitative estimate of drug-likeness (QED) is 0.666. The van der Waals surface area contributed by atoms with E-state index >= 15 is 0 Å². The van der Waals surface area contributed by atoms with Crippen LogP contribution in [0.3, 0.4) is 0 Å². The van der Waals surface area contributed by atoms with Gasteiger partial charge in [-0.25, -0.2) is 0 Å². The third-order valence-electron chi connectivity index (χ3n) is 2.89. The van der Waals surface area contributed by atoms with Crippen molar-refractivity contribution < 1.29 is 9.32 Å². The van der Waals surface area contributed by atoms with Crippen LogP contribution in [0.4, 0.5) is 0 Å². The van der Waals surface area contributed by atoms with Gasteiger partial charge in [0, 0.05) is 22.8 Å². The van der Waals surface area contributed by atoms with E-state index in [2.05, 4.69) is 5.16 Å². The maximum Gasteiger partial charge on any atom is 0.193 e. The van der Waals surface area contributed by atoms with E-state index in [1.54, 1.807) is 12.1 Å². The number of ketones is 1. The molecule has 3 rings (SSSR count). The molecule has 0 amide bonds. The average molecular weight is 249 g/mol. The van der Waals surface area contributed by atoms with Crippen LogP contribution in [0.25, 0.3) is 11.3 Å². The molecular weight excluding hydrogens is 238 g/mol. The molecule has 0 radical (unpaired) electrons. The van der Waals surface area contributed by atoms with Crippen molar-refractivity contribution in [2.75, 3.05) is 0 Å². The van der Waals surface area contributed by atoms with Crippen molar-refractivity contribution in [1.29, 1.82) is 0 Å². The zero-order valence-electron chi connectivity index (χ0n) is 10.1. The lowest BCUT2D eigenvalue weighted by molar-refractivity contribution is 0.103. The van der Waals surface area contributed by atoms with Gasteiger partial charge in [0.1, 0.15) is 12.0 Å². The Bertz CT molecular complexity index is 688. The predicted octanol–water partition coefficient (Wildman–Crippen LogP) is 3.57. The molecule has 3 heteroatoms. The standard InChI is InChI=1S/C16H11NO2/c18-16(12-5-2-1-3-6-12)14-8-4-7-13(11-14)15-9-10-19-17-15/h1-11H. The minimum Gasteiger partial charge on any atom is -0.364 e. The second-order valence-corrected chi connectivity index (χ2v) is 4.16. The summed E-state index contributed by atoms with van der Waals surface area (Å²) in [6.45, 7) is 0. The fraction of sp³-hybridized carbons (Fsp3) is 0. The normalized spacial score (nSPS) is 10.3. The molecule has 19 heavy (non-hydrogen) atoms. The maximum atomic E-state index is 12.3. The minimum atomic E-state index is 0.00550. The smallest absolute Gasteiger partial charge is 0.193 e. The predicted molar refractivity (Wildman–Crippen MR) is 71.8 cm³/mol. The van der Waals surface area contributed by atoms with Gasteiger partial charge in [-0.1, -0.05) is 53.7 Å². The van der Waals surface area contributed by atoms with Gasteiger partial charge >= 0.3 is 0 Å². The molecule has 1 heterocycles. The van der Waals surface area contributed by atoms with Gasteiger partial charge in [0.05, 0.1) is 0 Å². The van der Waals surface area contributed by atoms with Crippen LogP contribution in [0.5, 0.6) is 0 Å². The van der Waals surface area contributed by atoms with Crippen molar-refractivity contribution in [3.05, 3.63) is 78.1 Å². The first-order valence-electron chi connectivity index (χ1n) is 5.95. The molecule has 0 aliphatic heterocycles. The van der Waals surface area contributed by atoms with E-state index in [9.17, 15) is 4.79 Å². The van der Waals surface area contributed by atoms with Gasteiger partial charge in [-0.15, -0.1) is 0 Å². The Morgan fingerprint density at radius 2 is 1.68 bits per heavy atom. The Hall–Kier alpha value is -2.68. The number of carbonyl (C=O) groups is 1. The van der Waals surface area contributed by atoms with Crippen molar-refractivity contribution in [3.8, 4) is 11.3 Å². The van der Waals surface area contributed by atoms with Crippen LogP contribution in [0.1, 0.15) is 15.9 Å². The van der Waals surface area contributed by atoms with Crippen LogP contribution < -0.4 is 0 Å². The molecule has 1 aromatic heterocycles. The second-order valence-electron chi connectivity index (χ2n) is 4.16. The summed E-state index contributed by atoms with van der Waals surface area (Å²) in [6.07, 6.45) is 1.51. The van der Waals surface area contributed by atoms with Gasteiger partial charge in [0.25, 0.3) is 0 Å². The van der Waals surface area contributed by atoms with Crippen LogP contribution in [0.2, 0.25) is 0 Å². The molecule has 0 saturated heterocycles. The Labute approximate surface area is 110 Å². The number of hydrogen-bond acceptors (Lipinski definition) is 3. The molecule has 0 N–H and O–H groups in total. The zero-order chi connectivity index (χ0) is 13.1. The molecular formula is C16H11NO2. The van der Waals surface area contributed by atoms with Crippen molar-refractivity contribution in [1.82, 2.24) is 5.16 Å². The molecule has 0 spiro atoms. The van der Waals surface area contributed by atoms with Gasteiger partial charge in [-0.05, 0) is 6.07 Å². The fourth-order valence-corrected chi connectivity index (χ4v) is 1.94. The average Bonchev–Trinajstić information content (AvgIpc) is 3.02. The summed E-state index contributed by atoms with van der Waals surface area (Å²) in [5.41, 5.74) is 2.92. The number of hydrogen-bond donors (Lipinski definition) is 0. The highest BCUT2D eigenvalue weighted by molar-refractivity contribution is 6.09. The van der Waals surface area contributed by atoms with E-state index in [1.807, 2.05) is 48.5 Å². The second kappa shape index (κ2) is 4.90. The van der Waals surface area contributed by atoms with Gasteiger partial charge in [-0.2, -0.15) is 0 Å². The molecule has 3 aromatic rings. The molecule has 0 bridgehead atoms. The molecule has 0 aliphatic rings. The van der Waals surface area contributed by atoms with Crippen LogP contribution >= 0.6 is 0 Å². The van der Waals surface area contributed by atoms with E-state index in [0.717, 1.165) is 11.3 Å². The summed E-state index contributed by atoms with van der Waals surface area (Å²) in [4.78, 5) is 12.3. The van der Waals surface area contributed by atoms with Gasteiger partial charge in [0.15, 0.2) is 5.78 Å². The van der Waals surface area contributed by atoms with E-state index < -0.39 is 0 Å². The van der Waals surface area contributed by atoms with Crippen LogP contribution in [-0.4, -0.2) is 10.9 Å². The lowest BCUT2D eigenvalue weighted by Crippen LogP contribution is -2.00. The summed E-state index contributed by atoms with van der Waals surface area (Å²) >= 11 is 0. The molecule has 0 unspecified atom stereocenters.